The maximum absolute atomic E-state index is 13.6. The van der Waals surface area contributed by atoms with Gasteiger partial charge in [0.1, 0.15) is 25.0 Å². The largest absolute Gasteiger partial charge is 0.487 e. The van der Waals surface area contributed by atoms with Gasteiger partial charge in [0.25, 0.3) is 11.0 Å². The van der Waals surface area contributed by atoms with E-state index in [1.165, 1.54) is 0 Å². The van der Waals surface area contributed by atoms with Crippen LogP contribution >= 0.6 is 0 Å². The normalized spacial score (nSPS) is 14.0. The van der Waals surface area contributed by atoms with Crippen LogP contribution in [0.3, 0.4) is 0 Å². The Kier molecular flexibility index (Phi) is 16.9. The van der Waals surface area contributed by atoms with Gasteiger partial charge in [-0.25, -0.2) is 4.79 Å². The average Bonchev–Trinajstić information content (AvgIpc) is 3.56. The number of halogens is 2. The van der Waals surface area contributed by atoms with Crippen LogP contribution in [0.2, 0.25) is 0 Å². The van der Waals surface area contributed by atoms with Crippen LogP contribution in [-0.2, 0) is 32.4 Å². The summed E-state index contributed by atoms with van der Waals surface area (Å²) >= 11 is 0. The van der Waals surface area contributed by atoms with Gasteiger partial charge in [-0.3, -0.25) is 4.79 Å². The van der Waals surface area contributed by atoms with Gasteiger partial charge in [-0.1, -0.05) is 80.5 Å². The van der Waals surface area contributed by atoms with Crippen molar-refractivity contribution in [2.24, 2.45) is 5.92 Å². The first kappa shape index (κ1) is 36.9. The molecular weight excluding hydrogens is 586 g/mol. The number of para-hydroxylation sites is 1. The van der Waals surface area contributed by atoms with Crippen LogP contribution < -0.4 is 10.1 Å². The van der Waals surface area contributed by atoms with Crippen molar-refractivity contribution in [2.75, 3.05) is 6.61 Å². The topological polar surface area (TPSA) is 117 Å². The lowest BCUT2D eigenvalue weighted by molar-refractivity contribution is -0.763. The van der Waals surface area contributed by atoms with E-state index in [-0.39, 0.29) is 19.1 Å². The molecule has 0 heterocycles. The van der Waals surface area contributed by atoms with Gasteiger partial charge in [-0.2, -0.15) is 8.78 Å². The van der Waals surface area contributed by atoms with Crippen molar-refractivity contribution in [1.29, 1.82) is 0 Å². The van der Waals surface area contributed by atoms with E-state index in [4.69, 9.17) is 9.47 Å². The van der Waals surface area contributed by atoms with E-state index in [0.717, 1.165) is 51.0 Å². The molecule has 1 amide bonds. The Morgan fingerprint density at radius 1 is 1.07 bits per heavy atom. The van der Waals surface area contributed by atoms with E-state index in [0.29, 0.717) is 29.2 Å². The van der Waals surface area contributed by atoms with E-state index in [9.17, 15) is 28.5 Å². The molecule has 0 aliphatic heterocycles. The summed E-state index contributed by atoms with van der Waals surface area (Å²) < 4.78 is 37.4. The molecule has 0 radical (unpaired) electrons. The Balaban J connectivity index is 0.000000338. The number of hydrogen-bond donors (Lipinski definition) is 1. The Bertz CT molecular complexity index is 1230. The molecule has 2 aromatic rings. The Hall–Kier alpha value is -4.28. The first-order valence-corrected chi connectivity index (χ1v) is 15.3. The van der Waals surface area contributed by atoms with Crippen molar-refractivity contribution in [3.05, 3.63) is 100 Å². The molecule has 0 bridgehead atoms. The predicted molar refractivity (Wildman–Crippen MR) is 167 cm³/mol. The Morgan fingerprint density at radius 3 is 2.42 bits per heavy atom. The molecule has 0 saturated heterocycles. The number of ether oxygens (including phenoxy) is 2. The fourth-order valence-electron chi connectivity index (χ4n) is 4.42. The number of allylic oxidation sites excluding steroid dienone is 3. The summed E-state index contributed by atoms with van der Waals surface area (Å²) in [5, 5.41) is 12.0. The van der Waals surface area contributed by atoms with Crippen LogP contribution in [0.1, 0.15) is 76.3 Å². The molecule has 3 rings (SSSR count). The predicted octanol–water partition coefficient (Wildman–Crippen LogP) is 7.53. The highest BCUT2D eigenvalue weighted by Crippen LogP contribution is 2.28. The van der Waals surface area contributed by atoms with Crippen LogP contribution in [0.5, 0.6) is 5.75 Å². The monoisotopic (exact) mass is 630 g/mol. The van der Waals surface area contributed by atoms with Gasteiger partial charge >= 0.3 is 5.97 Å². The molecule has 1 unspecified atom stereocenters. The van der Waals surface area contributed by atoms with Gasteiger partial charge in [0, 0.05) is 6.42 Å². The van der Waals surface area contributed by atoms with E-state index >= 15 is 0 Å². The third-order valence-electron chi connectivity index (χ3n) is 6.80. The molecule has 246 valence electrons. The van der Waals surface area contributed by atoms with Crippen molar-refractivity contribution in [3.63, 3.8) is 0 Å². The molecule has 0 aromatic heterocycles. The lowest BCUT2D eigenvalue weighted by atomic mass is 10.1. The van der Waals surface area contributed by atoms with Crippen LogP contribution in [-0.4, -0.2) is 35.5 Å². The lowest BCUT2D eigenvalue weighted by Crippen LogP contribution is -2.39. The number of carbonyl (C=O) groups excluding carboxylic acids is 2. The number of rotatable bonds is 17. The fourth-order valence-corrected chi connectivity index (χ4v) is 4.42. The lowest BCUT2D eigenvalue weighted by Gasteiger charge is -2.14. The fraction of sp³-hybridized carbons (Fsp3) is 0.471. The molecule has 45 heavy (non-hydrogen) atoms. The molecule has 2 aromatic carbocycles. The molecule has 1 aliphatic carbocycles. The minimum Gasteiger partial charge on any atom is -0.487 e. The summed E-state index contributed by atoms with van der Waals surface area (Å²) in [6, 6.07) is 14.7. The minimum atomic E-state index is -2.89. The minimum absolute atomic E-state index is 0.00710. The quantitative estimate of drug-likeness (QED) is 0.0631. The maximum atomic E-state index is 13.6. The van der Waals surface area contributed by atoms with Gasteiger partial charge < -0.3 is 19.6 Å². The number of nitrogens with zero attached hydrogens (tertiary/aromatic N) is 1. The number of amides is 1. The van der Waals surface area contributed by atoms with Crippen LogP contribution in [0, 0.1) is 16.0 Å². The molecule has 1 N–H and O–H groups in total. The van der Waals surface area contributed by atoms with E-state index in [1.807, 2.05) is 19.1 Å². The molecule has 1 saturated carbocycles. The molecule has 1 fully saturated rings. The number of benzene rings is 2. The molecule has 1 atom stereocenters. The highest BCUT2D eigenvalue weighted by molar-refractivity contribution is 5.84. The van der Waals surface area contributed by atoms with E-state index in [2.05, 4.69) is 16.2 Å². The SMILES string of the molecule is CCC=CCCCC(=O)NC(C)C(=O)OCc1cccc(CO[N+](=O)[O-])c1.FC(F)(/C=C/C1CCCC1)COc1ccccc1. The van der Waals surface area contributed by atoms with Crippen LogP contribution in [0.25, 0.3) is 0 Å². The van der Waals surface area contributed by atoms with Crippen LogP contribution in [0.15, 0.2) is 78.9 Å². The summed E-state index contributed by atoms with van der Waals surface area (Å²) in [6.07, 6.45) is 14.0. The summed E-state index contributed by atoms with van der Waals surface area (Å²) in [7, 11) is 0. The Morgan fingerprint density at radius 2 is 1.76 bits per heavy atom. The van der Waals surface area contributed by atoms with Gasteiger partial charge in [0.2, 0.25) is 5.91 Å². The third kappa shape index (κ3) is 17.0. The standard InChI is InChI=1S/C19H26N2O6.C15H18F2O/c1-3-4-5-6-7-11-18(22)20-15(2)19(23)26-13-16-9-8-10-17(12-16)14-27-21(24)25;16-15(17,11-10-13-6-4-5-7-13)12-18-14-8-2-1-3-9-14/h4-5,8-10,12,15H,3,6-7,11,13-14H2,1-2H3,(H,20,22);1-3,8-11,13H,4-7,12H2/b;11-10+. The van der Waals surface area contributed by atoms with Gasteiger partial charge in [-0.05, 0) is 74.3 Å². The molecule has 1 aliphatic rings. The summed E-state index contributed by atoms with van der Waals surface area (Å²) in [5.41, 5.74) is 1.27. The first-order valence-electron chi connectivity index (χ1n) is 15.3. The summed E-state index contributed by atoms with van der Waals surface area (Å²) in [6.45, 7) is 2.85. The number of esters is 1. The van der Waals surface area contributed by atoms with Gasteiger partial charge in [0.15, 0.2) is 6.61 Å². The first-order chi connectivity index (χ1) is 21.6. The summed E-state index contributed by atoms with van der Waals surface area (Å²) in [4.78, 5) is 38.4. The second kappa shape index (κ2) is 20.6. The number of unbranched alkanes of at least 4 members (excludes halogenated alkanes) is 1. The highest BCUT2D eigenvalue weighted by atomic mass is 19.3. The maximum Gasteiger partial charge on any atom is 0.328 e. The van der Waals surface area contributed by atoms with E-state index < -0.39 is 29.6 Å². The molecule has 11 heteroatoms. The second-order valence-corrected chi connectivity index (χ2v) is 10.8. The van der Waals surface area contributed by atoms with Crippen molar-refractivity contribution in [2.45, 2.75) is 90.4 Å². The smallest absolute Gasteiger partial charge is 0.328 e. The number of carbonyl (C=O) groups is 2. The van der Waals surface area contributed by atoms with Crippen molar-refractivity contribution < 1.29 is 37.8 Å². The second-order valence-electron chi connectivity index (χ2n) is 10.8. The van der Waals surface area contributed by atoms with Gasteiger partial charge in [0.05, 0.1) is 0 Å². The van der Waals surface area contributed by atoms with Crippen molar-refractivity contribution in [3.8, 4) is 5.75 Å². The third-order valence-corrected chi connectivity index (χ3v) is 6.80. The zero-order chi connectivity index (χ0) is 32.9. The average molecular weight is 631 g/mol. The van der Waals surface area contributed by atoms with Crippen molar-refractivity contribution >= 4 is 11.9 Å². The molecular formula is C34H44F2N2O7. The zero-order valence-corrected chi connectivity index (χ0v) is 26.0. The number of nitrogens with one attached hydrogen (secondary N) is 1. The Labute approximate surface area is 263 Å². The zero-order valence-electron chi connectivity index (χ0n) is 26.0. The molecule has 9 nitrogen and oxygen atoms in total. The molecule has 0 spiro atoms. The van der Waals surface area contributed by atoms with Crippen LogP contribution in [0.4, 0.5) is 8.78 Å². The van der Waals surface area contributed by atoms with E-state index in [1.54, 1.807) is 61.5 Å². The van der Waals surface area contributed by atoms with Crippen molar-refractivity contribution in [1.82, 2.24) is 5.32 Å². The summed E-state index contributed by atoms with van der Waals surface area (Å²) in [5.74, 6) is -2.82. The highest BCUT2D eigenvalue weighted by Gasteiger charge is 2.27. The number of hydrogen-bond acceptors (Lipinski definition) is 7. The number of alkyl halides is 2. The van der Waals surface area contributed by atoms with Gasteiger partial charge in [-0.15, -0.1) is 10.1 Å².